The Bertz CT molecular complexity index is 448. The third kappa shape index (κ3) is 1.05. The fourth-order valence-electron chi connectivity index (χ4n) is 5.00. The average Bonchev–Trinajstić information content (AvgIpc) is 2.80. The molecule has 4 atom stereocenters. The summed E-state index contributed by atoms with van der Waals surface area (Å²) < 4.78 is 0. The molecule has 2 heteroatoms. The van der Waals surface area contributed by atoms with Crippen LogP contribution in [0.2, 0.25) is 0 Å². The van der Waals surface area contributed by atoms with Gasteiger partial charge < -0.3 is 5.11 Å². The van der Waals surface area contributed by atoms with Crippen molar-refractivity contribution in [3.63, 3.8) is 0 Å². The topological polar surface area (TPSA) is 37.3 Å². The van der Waals surface area contributed by atoms with Crippen LogP contribution in [0.4, 0.5) is 0 Å². The fourth-order valence-corrected chi connectivity index (χ4v) is 5.00. The van der Waals surface area contributed by atoms with Crippen LogP contribution < -0.4 is 0 Å². The molecule has 3 aliphatic carbocycles. The Morgan fingerprint density at radius 2 is 2.18 bits per heavy atom. The summed E-state index contributed by atoms with van der Waals surface area (Å²) in [4.78, 5) is 11.3. The van der Waals surface area contributed by atoms with Gasteiger partial charge in [-0.25, -0.2) is 4.79 Å². The molecule has 1 N–H and O–H groups in total. The second-order valence-corrected chi connectivity index (χ2v) is 6.39. The van der Waals surface area contributed by atoms with Gasteiger partial charge in [-0.15, -0.1) is 0 Å². The molecule has 0 bridgehead atoms. The highest BCUT2D eigenvalue weighted by Crippen LogP contribution is 2.72. The largest absolute Gasteiger partial charge is 0.478 e. The standard InChI is InChI=1S/C15H20O2/c1-9-4-7-15-10(2)11(13(16)17)8-14(15,3)6-5-12(9)15/h8-9,12H,2,4-7H2,1,3H3,(H,16,17). The van der Waals surface area contributed by atoms with E-state index in [9.17, 15) is 9.90 Å². The van der Waals surface area contributed by atoms with E-state index >= 15 is 0 Å². The van der Waals surface area contributed by atoms with E-state index in [0.29, 0.717) is 11.5 Å². The van der Waals surface area contributed by atoms with E-state index in [4.69, 9.17) is 0 Å². The van der Waals surface area contributed by atoms with Crippen LogP contribution in [-0.4, -0.2) is 11.1 Å². The number of rotatable bonds is 1. The van der Waals surface area contributed by atoms with Gasteiger partial charge in [-0.3, -0.25) is 0 Å². The van der Waals surface area contributed by atoms with Gasteiger partial charge in [0.2, 0.25) is 0 Å². The maximum absolute atomic E-state index is 11.3. The van der Waals surface area contributed by atoms with E-state index in [1.54, 1.807) is 0 Å². The third-order valence-electron chi connectivity index (χ3n) is 5.86. The lowest BCUT2D eigenvalue weighted by Gasteiger charge is -2.39. The molecule has 0 amide bonds. The summed E-state index contributed by atoms with van der Waals surface area (Å²) in [5.41, 5.74) is 1.53. The average molecular weight is 232 g/mol. The molecule has 0 heterocycles. The Kier molecular flexibility index (Phi) is 1.98. The van der Waals surface area contributed by atoms with Gasteiger partial charge in [-0.2, -0.15) is 0 Å². The molecule has 4 unspecified atom stereocenters. The van der Waals surface area contributed by atoms with Gasteiger partial charge in [0.1, 0.15) is 0 Å². The third-order valence-corrected chi connectivity index (χ3v) is 5.86. The highest BCUT2D eigenvalue weighted by atomic mass is 16.4. The number of hydrogen-bond acceptors (Lipinski definition) is 1. The van der Waals surface area contributed by atoms with Crippen molar-refractivity contribution in [2.24, 2.45) is 22.7 Å². The normalized spacial score (nSPS) is 47.9. The summed E-state index contributed by atoms with van der Waals surface area (Å²) >= 11 is 0. The van der Waals surface area contributed by atoms with Gasteiger partial charge in [-0.1, -0.05) is 26.5 Å². The number of carboxylic acids is 1. The van der Waals surface area contributed by atoms with Crippen molar-refractivity contribution in [3.8, 4) is 0 Å². The Balaban J connectivity index is 2.13. The highest BCUT2D eigenvalue weighted by Gasteiger charge is 2.65. The summed E-state index contributed by atoms with van der Waals surface area (Å²) in [6.07, 6.45) is 6.72. The van der Waals surface area contributed by atoms with Crippen LogP contribution in [0.1, 0.15) is 39.5 Å². The molecule has 0 saturated heterocycles. The molecule has 3 rings (SSSR count). The van der Waals surface area contributed by atoms with Crippen molar-refractivity contribution in [1.82, 2.24) is 0 Å². The molecule has 2 saturated carbocycles. The van der Waals surface area contributed by atoms with Crippen molar-refractivity contribution in [1.29, 1.82) is 0 Å². The van der Waals surface area contributed by atoms with Crippen molar-refractivity contribution >= 4 is 5.97 Å². The van der Waals surface area contributed by atoms with Crippen LogP contribution in [0.5, 0.6) is 0 Å². The zero-order valence-electron chi connectivity index (χ0n) is 10.6. The van der Waals surface area contributed by atoms with Crippen LogP contribution in [0, 0.1) is 22.7 Å². The first-order valence-electron chi connectivity index (χ1n) is 6.58. The summed E-state index contributed by atoms with van der Waals surface area (Å²) in [6, 6.07) is 0. The molecule has 1 spiro atoms. The predicted octanol–water partition coefficient (Wildman–Crippen LogP) is 3.40. The summed E-state index contributed by atoms with van der Waals surface area (Å²) in [7, 11) is 0. The first-order chi connectivity index (χ1) is 7.92. The van der Waals surface area contributed by atoms with Crippen molar-refractivity contribution in [2.45, 2.75) is 39.5 Å². The van der Waals surface area contributed by atoms with E-state index < -0.39 is 5.97 Å². The predicted molar refractivity (Wildman–Crippen MR) is 66.5 cm³/mol. The lowest BCUT2D eigenvalue weighted by molar-refractivity contribution is -0.132. The van der Waals surface area contributed by atoms with Crippen molar-refractivity contribution in [3.05, 3.63) is 23.8 Å². The minimum absolute atomic E-state index is 0.0488. The first kappa shape index (κ1) is 11.1. The summed E-state index contributed by atoms with van der Waals surface area (Å²) in [5.74, 6) is 0.571. The molecule has 92 valence electrons. The van der Waals surface area contributed by atoms with E-state index in [0.717, 1.165) is 24.3 Å². The molecular formula is C15H20O2. The molecule has 0 aromatic heterocycles. The minimum atomic E-state index is -0.793. The number of aliphatic carboxylic acids is 1. The first-order valence-corrected chi connectivity index (χ1v) is 6.58. The minimum Gasteiger partial charge on any atom is -0.478 e. The number of hydrogen-bond donors (Lipinski definition) is 1. The lowest BCUT2D eigenvalue weighted by Crippen LogP contribution is -2.34. The Morgan fingerprint density at radius 1 is 1.47 bits per heavy atom. The van der Waals surface area contributed by atoms with E-state index in [2.05, 4.69) is 20.4 Å². The van der Waals surface area contributed by atoms with Crippen molar-refractivity contribution < 1.29 is 9.90 Å². The molecule has 2 nitrogen and oxygen atoms in total. The highest BCUT2D eigenvalue weighted by molar-refractivity contribution is 5.94. The SMILES string of the molecule is C=C1C(C(=O)O)=CC2(C)CCC3C(C)CCC132. The smallest absolute Gasteiger partial charge is 0.335 e. The zero-order chi connectivity index (χ0) is 12.4. The van der Waals surface area contributed by atoms with E-state index in [1.165, 1.54) is 12.8 Å². The van der Waals surface area contributed by atoms with Gasteiger partial charge in [0.15, 0.2) is 0 Å². The molecular weight excluding hydrogens is 212 g/mol. The summed E-state index contributed by atoms with van der Waals surface area (Å²) in [5, 5.41) is 9.31. The van der Waals surface area contributed by atoms with Gasteiger partial charge in [-0.05, 0) is 48.5 Å². The second-order valence-electron chi connectivity index (χ2n) is 6.39. The number of carboxylic acid groups (broad SMARTS) is 1. The molecule has 0 aromatic rings. The number of allylic oxidation sites excluding steroid dienone is 1. The lowest BCUT2D eigenvalue weighted by atomic mass is 9.63. The van der Waals surface area contributed by atoms with Crippen LogP contribution in [0.25, 0.3) is 0 Å². The maximum Gasteiger partial charge on any atom is 0.335 e. The van der Waals surface area contributed by atoms with Crippen molar-refractivity contribution in [2.75, 3.05) is 0 Å². The molecule has 17 heavy (non-hydrogen) atoms. The summed E-state index contributed by atoms with van der Waals surface area (Å²) in [6.45, 7) is 8.72. The quantitative estimate of drug-likeness (QED) is 0.752. The fraction of sp³-hybridized carbons (Fsp3) is 0.667. The van der Waals surface area contributed by atoms with E-state index in [-0.39, 0.29) is 10.8 Å². The Labute approximate surface area is 102 Å². The van der Waals surface area contributed by atoms with Crippen LogP contribution in [-0.2, 0) is 4.79 Å². The molecule has 3 aliphatic rings. The van der Waals surface area contributed by atoms with Gasteiger partial charge in [0, 0.05) is 5.41 Å². The molecule has 0 aliphatic heterocycles. The van der Waals surface area contributed by atoms with Gasteiger partial charge in [0.05, 0.1) is 5.57 Å². The Hall–Kier alpha value is -1.05. The maximum atomic E-state index is 11.3. The van der Waals surface area contributed by atoms with Crippen LogP contribution in [0.15, 0.2) is 23.8 Å². The van der Waals surface area contributed by atoms with Crippen LogP contribution >= 0.6 is 0 Å². The Morgan fingerprint density at radius 3 is 2.82 bits per heavy atom. The van der Waals surface area contributed by atoms with Gasteiger partial charge in [0.25, 0.3) is 0 Å². The zero-order valence-corrected chi connectivity index (χ0v) is 10.6. The van der Waals surface area contributed by atoms with Gasteiger partial charge >= 0.3 is 5.97 Å². The van der Waals surface area contributed by atoms with E-state index in [1.807, 2.05) is 6.08 Å². The second kappa shape index (κ2) is 3.04. The van der Waals surface area contributed by atoms with Crippen LogP contribution in [0.3, 0.4) is 0 Å². The monoisotopic (exact) mass is 232 g/mol. The molecule has 0 radical (unpaired) electrons. The number of carbonyl (C=O) groups is 1. The molecule has 0 aromatic carbocycles. The molecule has 2 fully saturated rings.